The molecule has 0 unspecified atom stereocenters. The van der Waals surface area contributed by atoms with Gasteiger partial charge in [0.2, 0.25) is 0 Å². The quantitative estimate of drug-likeness (QED) is 0.810. The molecule has 0 atom stereocenters. The second-order valence-corrected chi connectivity index (χ2v) is 4.35. The van der Waals surface area contributed by atoms with Crippen LogP contribution in [0.25, 0.3) is 11.4 Å². The number of imidazole rings is 1. The number of hydrogen-bond acceptors (Lipinski definition) is 3. The van der Waals surface area contributed by atoms with Gasteiger partial charge in [-0.3, -0.25) is 4.79 Å². The van der Waals surface area contributed by atoms with Gasteiger partial charge in [0.1, 0.15) is 12.8 Å². The first kappa shape index (κ1) is 11.0. The molecule has 0 spiro atoms. The van der Waals surface area contributed by atoms with Gasteiger partial charge in [-0.2, -0.15) is 4.73 Å². The van der Waals surface area contributed by atoms with E-state index in [2.05, 4.69) is 4.98 Å². The van der Waals surface area contributed by atoms with E-state index in [4.69, 9.17) is 4.84 Å². The van der Waals surface area contributed by atoms with Crippen molar-refractivity contribution in [2.45, 2.75) is 19.3 Å². The Hall–Kier alpha value is -2.10. The Morgan fingerprint density at radius 2 is 2.00 bits per heavy atom. The van der Waals surface area contributed by atoms with E-state index in [1.807, 2.05) is 30.3 Å². The van der Waals surface area contributed by atoms with Gasteiger partial charge in [-0.1, -0.05) is 30.3 Å². The van der Waals surface area contributed by atoms with Crippen molar-refractivity contribution < 1.29 is 9.63 Å². The van der Waals surface area contributed by atoms with E-state index in [9.17, 15) is 4.79 Å². The predicted molar refractivity (Wildman–Crippen MR) is 67.4 cm³/mol. The number of aromatic nitrogens is 2. The number of carbonyl (C=O) groups is 1. The van der Waals surface area contributed by atoms with Crippen LogP contribution in [0.3, 0.4) is 0 Å². The van der Waals surface area contributed by atoms with Crippen molar-refractivity contribution >= 4 is 5.78 Å². The van der Waals surface area contributed by atoms with Gasteiger partial charge in [0.05, 0.1) is 5.69 Å². The zero-order chi connectivity index (χ0) is 12.5. The zero-order valence-electron chi connectivity index (χ0n) is 10.2. The summed E-state index contributed by atoms with van der Waals surface area (Å²) >= 11 is 0. The van der Waals surface area contributed by atoms with E-state index in [0.29, 0.717) is 17.9 Å². The highest BCUT2D eigenvalue weighted by Gasteiger charge is 2.26. The molecule has 0 saturated carbocycles. The predicted octanol–water partition coefficient (Wildman–Crippen LogP) is 2.13. The number of fused-ring (bicyclic) bond motifs is 1. The molecule has 0 bridgehead atoms. The molecule has 92 valence electrons. The fourth-order valence-corrected chi connectivity index (χ4v) is 2.38. The largest absolute Gasteiger partial charge is 0.415 e. The highest BCUT2D eigenvalue weighted by atomic mass is 16.6. The van der Waals surface area contributed by atoms with Gasteiger partial charge >= 0.3 is 0 Å². The Morgan fingerprint density at radius 1 is 1.22 bits per heavy atom. The summed E-state index contributed by atoms with van der Waals surface area (Å²) < 4.78 is 1.68. The summed E-state index contributed by atoms with van der Waals surface area (Å²) in [5, 5.41) is 0. The first-order valence-electron chi connectivity index (χ1n) is 6.06. The van der Waals surface area contributed by atoms with Gasteiger partial charge in [0.25, 0.3) is 0 Å². The highest BCUT2D eigenvalue weighted by Crippen LogP contribution is 2.26. The third kappa shape index (κ3) is 1.61. The topological polar surface area (TPSA) is 44.1 Å². The molecular formula is C14H14N2O2. The molecule has 1 heterocycles. The summed E-state index contributed by atoms with van der Waals surface area (Å²) in [7, 11) is 1.60. The van der Waals surface area contributed by atoms with E-state index < -0.39 is 0 Å². The van der Waals surface area contributed by atoms with Crippen molar-refractivity contribution in [3.05, 3.63) is 41.7 Å². The van der Waals surface area contributed by atoms with Crippen molar-refractivity contribution in [3.63, 3.8) is 0 Å². The molecule has 0 saturated heterocycles. The standard InChI is InChI=1S/C14H14N2O2/c1-18-16-11-8-5-9-12(17)13(11)15-14(16)10-6-3-2-4-7-10/h2-4,6-7H,5,8-9H2,1H3. The third-order valence-electron chi connectivity index (χ3n) is 3.22. The minimum atomic E-state index is 0.115. The minimum absolute atomic E-state index is 0.115. The SMILES string of the molecule is COn1c(-c2ccccc2)nc2c1CCCC2=O. The second-order valence-electron chi connectivity index (χ2n) is 4.35. The van der Waals surface area contributed by atoms with Crippen LogP contribution >= 0.6 is 0 Å². The molecule has 3 rings (SSSR count). The molecular weight excluding hydrogens is 228 g/mol. The van der Waals surface area contributed by atoms with Crippen LogP contribution in [0, 0.1) is 0 Å². The third-order valence-corrected chi connectivity index (χ3v) is 3.22. The summed E-state index contributed by atoms with van der Waals surface area (Å²) in [4.78, 5) is 21.7. The fraction of sp³-hybridized carbons (Fsp3) is 0.286. The lowest BCUT2D eigenvalue weighted by Crippen LogP contribution is -2.16. The Labute approximate surface area is 105 Å². The molecule has 1 aromatic carbocycles. The lowest BCUT2D eigenvalue weighted by atomic mass is 10.0. The minimum Gasteiger partial charge on any atom is -0.415 e. The molecule has 4 heteroatoms. The zero-order valence-corrected chi connectivity index (χ0v) is 10.2. The van der Waals surface area contributed by atoms with Crippen LogP contribution in [0.15, 0.2) is 30.3 Å². The first-order valence-corrected chi connectivity index (χ1v) is 6.06. The molecule has 18 heavy (non-hydrogen) atoms. The summed E-state index contributed by atoms with van der Waals surface area (Å²) in [6.45, 7) is 0. The van der Waals surface area contributed by atoms with E-state index >= 15 is 0 Å². The Balaban J connectivity index is 2.19. The van der Waals surface area contributed by atoms with Crippen LogP contribution in [0.1, 0.15) is 29.0 Å². The molecule has 2 aromatic rings. The van der Waals surface area contributed by atoms with Crippen LogP contribution < -0.4 is 4.84 Å². The summed E-state index contributed by atoms with van der Waals surface area (Å²) in [5.74, 6) is 0.822. The number of benzene rings is 1. The van der Waals surface area contributed by atoms with Gasteiger partial charge in [0.15, 0.2) is 11.6 Å². The number of carbonyl (C=O) groups excluding carboxylic acids is 1. The molecule has 0 amide bonds. The van der Waals surface area contributed by atoms with Crippen molar-refractivity contribution in [2.24, 2.45) is 0 Å². The summed E-state index contributed by atoms with van der Waals surface area (Å²) in [6.07, 6.45) is 2.30. The number of hydrogen-bond donors (Lipinski definition) is 0. The Kier molecular flexibility index (Phi) is 2.63. The molecule has 4 nitrogen and oxygen atoms in total. The van der Waals surface area contributed by atoms with Crippen LogP contribution in [0.5, 0.6) is 0 Å². The van der Waals surface area contributed by atoms with Crippen molar-refractivity contribution in [1.82, 2.24) is 9.71 Å². The number of Topliss-reactive ketones (excluding diaryl/α,β-unsaturated/α-hetero) is 1. The number of ketones is 1. The number of rotatable bonds is 2. The maximum Gasteiger partial charge on any atom is 0.183 e. The first-order chi connectivity index (χ1) is 8.81. The average Bonchev–Trinajstić information content (AvgIpc) is 2.80. The molecule has 0 aliphatic heterocycles. The molecule has 0 radical (unpaired) electrons. The molecule has 1 aliphatic carbocycles. The van der Waals surface area contributed by atoms with Crippen LogP contribution in [-0.4, -0.2) is 22.6 Å². The lowest BCUT2D eigenvalue weighted by molar-refractivity contribution is 0.0960. The maximum absolute atomic E-state index is 11.9. The lowest BCUT2D eigenvalue weighted by Gasteiger charge is -2.12. The van der Waals surface area contributed by atoms with Crippen LogP contribution in [-0.2, 0) is 6.42 Å². The van der Waals surface area contributed by atoms with Crippen LogP contribution in [0.4, 0.5) is 0 Å². The van der Waals surface area contributed by atoms with Gasteiger partial charge in [-0.25, -0.2) is 4.98 Å². The second kappa shape index (κ2) is 4.29. The van der Waals surface area contributed by atoms with Gasteiger partial charge in [0, 0.05) is 12.0 Å². The maximum atomic E-state index is 11.9. The Morgan fingerprint density at radius 3 is 2.72 bits per heavy atom. The normalized spacial score (nSPS) is 14.4. The van der Waals surface area contributed by atoms with Gasteiger partial charge in [-0.15, -0.1) is 0 Å². The molecule has 1 aliphatic rings. The molecule has 1 aromatic heterocycles. The van der Waals surface area contributed by atoms with Gasteiger partial charge < -0.3 is 4.84 Å². The molecule has 0 N–H and O–H groups in total. The van der Waals surface area contributed by atoms with E-state index in [0.717, 1.165) is 24.1 Å². The van der Waals surface area contributed by atoms with Crippen LogP contribution in [0.2, 0.25) is 0 Å². The van der Waals surface area contributed by atoms with E-state index in [-0.39, 0.29) is 5.78 Å². The smallest absolute Gasteiger partial charge is 0.183 e. The number of nitrogens with zero attached hydrogens (tertiary/aromatic N) is 2. The fourth-order valence-electron chi connectivity index (χ4n) is 2.38. The van der Waals surface area contributed by atoms with Crippen molar-refractivity contribution in [3.8, 4) is 11.4 Å². The van der Waals surface area contributed by atoms with E-state index in [1.54, 1.807) is 11.8 Å². The average molecular weight is 242 g/mol. The summed E-state index contributed by atoms with van der Waals surface area (Å²) in [6, 6.07) is 9.78. The highest BCUT2D eigenvalue weighted by molar-refractivity contribution is 5.97. The monoisotopic (exact) mass is 242 g/mol. The Bertz CT molecular complexity index is 587. The van der Waals surface area contributed by atoms with Crippen molar-refractivity contribution in [2.75, 3.05) is 7.11 Å². The molecule has 0 fully saturated rings. The summed E-state index contributed by atoms with van der Waals surface area (Å²) in [5.41, 5.74) is 2.43. The van der Waals surface area contributed by atoms with Gasteiger partial charge in [-0.05, 0) is 12.8 Å². The van der Waals surface area contributed by atoms with E-state index in [1.165, 1.54) is 0 Å². The van der Waals surface area contributed by atoms with Crippen molar-refractivity contribution in [1.29, 1.82) is 0 Å².